The predicted octanol–water partition coefficient (Wildman–Crippen LogP) is 2.78. The molecule has 0 spiro atoms. The summed E-state index contributed by atoms with van der Waals surface area (Å²) in [6.07, 6.45) is 3.48. The van der Waals surface area contributed by atoms with Crippen molar-refractivity contribution in [3.8, 4) is 0 Å². The van der Waals surface area contributed by atoms with Crippen LogP contribution in [0.3, 0.4) is 0 Å². The molecule has 1 aliphatic carbocycles. The van der Waals surface area contributed by atoms with Crippen LogP contribution in [0, 0.1) is 5.82 Å². The van der Waals surface area contributed by atoms with Gasteiger partial charge in [0.25, 0.3) is 0 Å². The fraction of sp³-hybridized carbons (Fsp3) is 0.529. The topological polar surface area (TPSA) is 54.0 Å². The van der Waals surface area contributed by atoms with Crippen LogP contribution in [0.25, 0.3) is 0 Å². The lowest BCUT2D eigenvalue weighted by atomic mass is 10.1. The van der Waals surface area contributed by atoms with Crippen LogP contribution in [0.1, 0.15) is 48.4 Å². The summed E-state index contributed by atoms with van der Waals surface area (Å²) in [7, 11) is 1.75. The molecule has 23 heavy (non-hydrogen) atoms. The van der Waals surface area contributed by atoms with E-state index in [4.69, 9.17) is 9.72 Å². The van der Waals surface area contributed by atoms with Crippen molar-refractivity contribution in [3.05, 3.63) is 47.3 Å². The third kappa shape index (κ3) is 3.14. The monoisotopic (exact) mass is 316 g/mol. The molecule has 2 atom stereocenters. The Hall–Kier alpha value is -1.79. The Labute approximate surface area is 134 Å². The number of methoxy groups -OCH3 is 1. The lowest BCUT2D eigenvalue weighted by Gasteiger charge is -2.22. The highest BCUT2D eigenvalue weighted by molar-refractivity contribution is 5.17. The summed E-state index contributed by atoms with van der Waals surface area (Å²) in [5, 5.41) is 7.49. The van der Waals surface area contributed by atoms with E-state index in [0.717, 1.165) is 36.7 Å². The molecule has 6 heteroatoms. The van der Waals surface area contributed by atoms with Crippen molar-refractivity contribution >= 4 is 0 Å². The van der Waals surface area contributed by atoms with Crippen LogP contribution in [0.4, 0.5) is 4.39 Å². The van der Waals surface area contributed by atoms with Gasteiger partial charge in [-0.15, -0.1) is 0 Å². The first-order valence-corrected chi connectivity index (χ1v) is 8.16. The van der Waals surface area contributed by atoms with Crippen LogP contribution in [0.2, 0.25) is 0 Å². The van der Waals surface area contributed by atoms with Crippen LogP contribution in [0.5, 0.6) is 0 Å². The zero-order chi connectivity index (χ0) is 15.8. The van der Waals surface area contributed by atoms with Crippen LogP contribution in [-0.4, -0.2) is 39.8 Å². The van der Waals surface area contributed by atoms with Gasteiger partial charge in [-0.25, -0.2) is 9.37 Å². The minimum Gasteiger partial charge on any atom is -0.380 e. The van der Waals surface area contributed by atoms with Crippen molar-refractivity contribution in [1.82, 2.24) is 20.1 Å². The summed E-state index contributed by atoms with van der Waals surface area (Å²) in [6.45, 7) is 1.60. The van der Waals surface area contributed by atoms with Crippen molar-refractivity contribution in [2.24, 2.45) is 0 Å². The minimum atomic E-state index is -0.203. The van der Waals surface area contributed by atoms with E-state index in [9.17, 15) is 4.39 Å². The molecular weight excluding hydrogens is 295 g/mol. The maximum atomic E-state index is 13.1. The molecule has 1 N–H and O–H groups in total. The maximum Gasteiger partial charge on any atom is 0.153 e. The number of halogens is 1. The Morgan fingerprint density at radius 3 is 2.78 bits per heavy atom. The smallest absolute Gasteiger partial charge is 0.153 e. The van der Waals surface area contributed by atoms with E-state index in [0.29, 0.717) is 5.92 Å². The van der Waals surface area contributed by atoms with Crippen LogP contribution in [-0.2, 0) is 11.3 Å². The van der Waals surface area contributed by atoms with E-state index in [2.05, 4.69) is 15.1 Å². The molecule has 2 aromatic rings. The van der Waals surface area contributed by atoms with Gasteiger partial charge in [0, 0.05) is 26.1 Å². The van der Waals surface area contributed by atoms with Gasteiger partial charge >= 0.3 is 0 Å². The molecule has 1 aromatic heterocycles. The molecule has 2 fully saturated rings. The number of nitrogens with zero attached hydrogens (tertiary/aromatic N) is 3. The Bertz CT molecular complexity index is 667. The van der Waals surface area contributed by atoms with E-state index in [-0.39, 0.29) is 18.0 Å². The van der Waals surface area contributed by atoms with Gasteiger partial charge in [0.1, 0.15) is 11.6 Å². The number of hydrogen-bond acceptors (Lipinski definition) is 4. The molecule has 2 heterocycles. The van der Waals surface area contributed by atoms with E-state index in [1.807, 2.05) is 12.1 Å². The first-order chi connectivity index (χ1) is 11.2. The second kappa shape index (κ2) is 6.02. The van der Waals surface area contributed by atoms with Gasteiger partial charge in [0.2, 0.25) is 0 Å². The number of ether oxygens (including phenoxy) is 1. The molecular formula is C17H21FN4O. The average Bonchev–Trinajstić information content (AvgIpc) is 3.16. The molecule has 2 aliphatic rings. The fourth-order valence-electron chi connectivity index (χ4n) is 3.28. The van der Waals surface area contributed by atoms with Gasteiger partial charge in [-0.2, -0.15) is 5.10 Å². The number of nitrogens with one attached hydrogen (secondary N) is 1. The van der Waals surface area contributed by atoms with Crippen LogP contribution in [0.15, 0.2) is 24.3 Å². The van der Waals surface area contributed by atoms with Crippen molar-refractivity contribution in [1.29, 1.82) is 0 Å². The largest absolute Gasteiger partial charge is 0.380 e. The summed E-state index contributed by atoms with van der Waals surface area (Å²) in [6, 6.07) is 6.86. The summed E-state index contributed by atoms with van der Waals surface area (Å²) < 4.78 is 18.6. The Morgan fingerprint density at radius 1 is 1.30 bits per heavy atom. The normalized spacial score (nSPS) is 25.1. The molecule has 0 amide bonds. The van der Waals surface area contributed by atoms with Gasteiger partial charge in [-0.3, -0.25) is 10.00 Å². The van der Waals surface area contributed by atoms with Gasteiger partial charge in [-0.05, 0) is 37.0 Å². The van der Waals surface area contributed by atoms with Crippen LogP contribution >= 0.6 is 0 Å². The average molecular weight is 316 g/mol. The molecule has 1 saturated heterocycles. The fourth-order valence-corrected chi connectivity index (χ4v) is 3.28. The second-order valence-electron chi connectivity index (χ2n) is 6.52. The summed E-state index contributed by atoms with van der Waals surface area (Å²) >= 11 is 0. The first-order valence-electron chi connectivity index (χ1n) is 8.16. The number of benzene rings is 1. The lowest BCUT2D eigenvalue weighted by molar-refractivity contribution is 0.107. The third-order valence-corrected chi connectivity index (χ3v) is 4.78. The molecule has 1 aliphatic heterocycles. The molecule has 4 rings (SSSR count). The molecule has 1 aromatic carbocycles. The number of rotatable bonds is 5. The number of hydrogen-bond donors (Lipinski definition) is 1. The number of aromatic amines is 1. The molecule has 5 nitrogen and oxygen atoms in total. The molecule has 1 saturated carbocycles. The quantitative estimate of drug-likeness (QED) is 0.921. The van der Waals surface area contributed by atoms with Crippen molar-refractivity contribution < 1.29 is 9.13 Å². The Balaban J connectivity index is 1.53. The van der Waals surface area contributed by atoms with Gasteiger partial charge in [0.15, 0.2) is 5.82 Å². The summed E-state index contributed by atoms with van der Waals surface area (Å²) in [5.74, 6) is 2.21. The maximum absolute atomic E-state index is 13.1. The van der Waals surface area contributed by atoms with Gasteiger partial charge in [-0.1, -0.05) is 12.1 Å². The van der Waals surface area contributed by atoms with E-state index >= 15 is 0 Å². The van der Waals surface area contributed by atoms with Gasteiger partial charge in [0.05, 0.1) is 12.1 Å². The van der Waals surface area contributed by atoms with E-state index in [1.54, 1.807) is 7.11 Å². The highest BCUT2D eigenvalue weighted by atomic mass is 19.1. The molecule has 122 valence electrons. The zero-order valence-corrected chi connectivity index (χ0v) is 13.2. The highest BCUT2D eigenvalue weighted by Gasteiger charge is 2.36. The van der Waals surface area contributed by atoms with Crippen molar-refractivity contribution in [2.45, 2.75) is 43.9 Å². The van der Waals surface area contributed by atoms with Gasteiger partial charge < -0.3 is 4.74 Å². The molecule has 0 unspecified atom stereocenters. The molecule has 0 radical (unpaired) electrons. The van der Waals surface area contributed by atoms with Crippen molar-refractivity contribution in [3.63, 3.8) is 0 Å². The summed E-state index contributed by atoms with van der Waals surface area (Å²) in [5.41, 5.74) is 1.09. The number of aromatic nitrogens is 3. The SMILES string of the molecule is CO[C@@H]1C[C@@H](c2nc(C3CC3)n[nH]2)N(Cc2ccc(F)cc2)C1. The Morgan fingerprint density at radius 2 is 2.09 bits per heavy atom. The highest BCUT2D eigenvalue weighted by Crippen LogP contribution is 2.39. The number of H-pyrrole nitrogens is 1. The standard InChI is InChI=1S/C17H21FN4O/c1-23-14-8-15(17-19-16(20-21-17)12-4-5-12)22(10-14)9-11-2-6-13(18)7-3-11/h2-3,6-7,12,14-15H,4-5,8-10H2,1H3,(H,19,20,21)/t14-,15+/m1/s1. The predicted molar refractivity (Wildman–Crippen MR) is 83.3 cm³/mol. The lowest BCUT2D eigenvalue weighted by Crippen LogP contribution is -2.25. The first kappa shape index (κ1) is 14.8. The second-order valence-corrected chi connectivity index (χ2v) is 6.52. The zero-order valence-electron chi connectivity index (χ0n) is 13.2. The van der Waals surface area contributed by atoms with Crippen molar-refractivity contribution in [2.75, 3.05) is 13.7 Å². The minimum absolute atomic E-state index is 0.171. The van der Waals surface area contributed by atoms with E-state index < -0.39 is 0 Å². The number of likely N-dealkylation sites (tertiary alicyclic amines) is 1. The summed E-state index contributed by atoms with van der Waals surface area (Å²) in [4.78, 5) is 7.04. The third-order valence-electron chi connectivity index (χ3n) is 4.78. The molecule has 0 bridgehead atoms. The Kier molecular flexibility index (Phi) is 3.87. The van der Waals surface area contributed by atoms with Crippen LogP contribution < -0.4 is 0 Å². The van der Waals surface area contributed by atoms with E-state index in [1.165, 1.54) is 25.0 Å².